The summed E-state index contributed by atoms with van der Waals surface area (Å²) in [6.45, 7) is -0.374. The Morgan fingerprint density at radius 3 is 2.42 bits per heavy atom. The number of hydrogen-bond donors (Lipinski definition) is 3. The largest absolute Gasteiger partial charge is 0.497 e. The van der Waals surface area contributed by atoms with E-state index in [-0.39, 0.29) is 13.0 Å². The lowest BCUT2D eigenvalue weighted by Crippen LogP contribution is -2.51. The maximum Gasteiger partial charge on any atom is 0.202 e. The first kappa shape index (κ1) is 14.1. The van der Waals surface area contributed by atoms with E-state index in [0.717, 1.165) is 0 Å². The molecule has 0 aliphatic carbocycles. The van der Waals surface area contributed by atoms with E-state index in [4.69, 9.17) is 19.3 Å². The molecule has 0 bridgehead atoms. The first-order chi connectivity index (χ1) is 9.13. The minimum absolute atomic E-state index is 0.143. The van der Waals surface area contributed by atoms with E-state index in [2.05, 4.69) is 0 Å². The zero-order chi connectivity index (χ0) is 13.8. The number of hydrogen-bond acceptors (Lipinski definition) is 6. The number of aliphatic hydroxyl groups is 3. The summed E-state index contributed by atoms with van der Waals surface area (Å²) in [6, 6.07) is 6.92. The van der Waals surface area contributed by atoms with E-state index in [9.17, 15) is 10.2 Å². The Morgan fingerprint density at radius 2 is 1.84 bits per heavy atom. The summed E-state index contributed by atoms with van der Waals surface area (Å²) in [7, 11) is 1.57. The first-order valence-electron chi connectivity index (χ1n) is 6.07. The zero-order valence-electron chi connectivity index (χ0n) is 10.6. The van der Waals surface area contributed by atoms with Crippen molar-refractivity contribution in [2.45, 2.75) is 31.0 Å². The number of benzene rings is 1. The highest BCUT2D eigenvalue weighted by Gasteiger charge is 2.37. The Morgan fingerprint density at radius 1 is 1.21 bits per heavy atom. The quantitative estimate of drug-likeness (QED) is 0.709. The smallest absolute Gasteiger partial charge is 0.202 e. The van der Waals surface area contributed by atoms with Gasteiger partial charge in [0.1, 0.15) is 23.7 Å². The van der Waals surface area contributed by atoms with Crippen LogP contribution in [0.2, 0.25) is 0 Å². The zero-order valence-corrected chi connectivity index (χ0v) is 10.6. The maximum absolute atomic E-state index is 9.67. The summed E-state index contributed by atoms with van der Waals surface area (Å²) >= 11 is 0. The van der Waals surface area contributed by atoms with Gasteiger partial charge in [-0.3, -0.25) is 0 Å². The second kappa shape index (κ2) is 6.21. The van der Waals surface area contributed by atoms with Gasteiger partial charge in [0.15, 0.2) is 0 Å². The number of methoxy groups -OCH3 is 1. The summed E-state index contributed by atoms with van der Waals surface area (Å²) in [5.74, 6) is 1.27. The van der Waals surface area contributed by atoms with Crippen LogP contribution in [0.15, 0.2) is 24.3 Å². The molecule has 19 heavy (non-hydrogen) atoms. The van der Waals surface area contributed by atoms with Crippen LogP contribution in [0.3, 0.4) is 0 Å². The molecule has 1 aliphatic rings. The van der Waals surface area contributed by atoms with E-state index in [1.165, 1.54) is 0 Å². The lowest BCUT2D eigenvalue weighted by atomic mass is 10.0. The highest BCUT2D eigenvalue weighted by molar-refractivity contribution is 5.31. The van der Waals surface area contributed by atoms with Gasteiger partial charge in [-0.1, -0.05) is 0 Å². The summed E-state index contributed by atoms with van der Waals surface area (Å²) in [5.41, 5.74) is 0. The second-order valence-corrected chi connectivity index (χ2v) is 4.37. The fourth-order valence-corrected chi connectivity index (χ4v) is 1.95. The maximum atomic E-state index is 9.67. The Kier molecular flexibility index (Phi) is 4.60. The van der Waals surface area contributed by atoms with Crippen LogP contribution in [0.5, 0.6) is 11.5 Å². The molecule has 0 amide bonds. The average molecular weight is 272 g/mol. The number of aliphatic hydroxyl groups excluding tert-OH is 3. The molecule has 0 saturated carbocycles. The van der Waals surface area contributed by atoms with Crippen molar-refractivity contribution >= 4 is 0 Å². The van der Waals surface area contributed by atoms with Crippen LogP contribution in [-0.2, 0) is 4.74 Å². The molecule has 0 unspecified atom stereocenters. The summed E-state index contributed by atoms with van der Waals surface area (Å²) < 4.78 is 15.9. The predicted molar refractivity (Wildman–Crippen MR) is 66.0 cm³/mol. The summed E-state index contributed by atoms with van der Waals surface area (Å²) in [6.07, 6.45) is -3.48. The Bertz CT molecular complexity index is 393. The van der Waals surface area contributed by atoms with Crippen molar-refractivity contribution in [3.63, 3.8) is 0 Å². The van der Waals surface area contributed by atoms with Gasteiger partial charge in [0, 0.05) is 6.42 Å². The number of rotatable bonds is 4. The third kappa shape index (κ3) is 3.36. The van der Waals surface area contributed by atoms with Gasteiger partial charge in [0.25, 0.3) is 0 Å². The lowest BCUT2D eigenvalue weighted by molar-refractivity contribution is -0.229. The van der Waals surface area contributed by atoms with Crippen LogP contribution in [0.4, 0.5) is 0 Å². The fraction of sp³-hybridized carbons (Fsp3) is 0.538. The molecular weight excluding hydrogens is 254 g/mol. The third-order valence-electron chi connectivity index (χ3n) is 3.04. The lowest BCUT2D eigenvalue weighted by Gasteiger charge is -2.36. The van der Waals surface area contributed by atoms with E-state index >= 15 is 0 Å². The van der Waals surface area contributed by atoms with E-state index in [0.29, 0.717) is 11.5 Å². The fourth-order valence-electron chi connectivity index (χ4n) is 1.95. The van der Waals surface area contributed by atoms with Crippen LogP contribution in [0.1, 0.15) is 6.42 Å². The normalized spacial score (nSPS) is 30.9. The Balaban J connectivity index is 1.98. The van der Waals surface area contributed by atoms with Gasteiger partial charge in [0.05, 0.1) is 19.8 Å². The molecule has 0 spiro atoms. The van der Waals surface area contributed by atoms with Gasteiger partial charge in [0.2, 0.25) is 6.29 Å². The standard InChI is InChI=1S/C13H18O6/c1-17-8-2-4-9(5-3-8)18-12-6-10(15)13(16)11(7-14)19-12/h2-5,10-16H,6-7H2,1H3/t10-,11-,12+,13+/m1/s1/i1+2. The van der Waals surface area contributed by atoms with Crippen molar-refractivity contribution < 1.29 is 29.5 Å². The molecule has 1 heterocycles. The van der Waals surface area contributed by atoms with Crippen LogP contribution in [-0.4, -0.2) is 53.6 Å². The number of ether oxygens (including phenoxy) is 3. The van der Waals surface area contributed by atoms with E-state index in [1.54, 1.807) is 31.4 Å². The highest BCUT2D eigenvalue weighted by atomic mass is 16.7. The van der Waals surface area contributed by atoms with Gasteiger partial charge in [-0.2, -0.15) is 0 Å². The molecule has 6 heteroatoms. The third-order valence-corrected chi connectivity index (χ3v) is 3.04. The van der Waals surface area contributed by atoms with E-state index in [1.807, 2.05) is 0 Å². The van der Waals surface area contributed by atoms with Crippen LogP contribution >= 0.6 is 0 Å². The van der Waals surface area contributed by atoms with E-state index < -0.39 is 24.6 Å². The molecular formula is C13H18O6. The molecule has 0 radical (unpaired) electrons. The minimum Gasteiger partial charge on any atom is -0.497 e. The highest BCUT2D eigenvalue weighted by Crippen LogP contribution is 2.24. The molecule has 1 aliphatic heterocycles. The van der Waals surface area contributed by atoms with Crippen LogP contribution in [0.25, 0.3) is 0 Å². The summed E-state index contributed by atoms with van der Waals surface area (Å²) in [5, 5.41) is 28.3. The van der Waals surface area contributed by atoms with Crippen molar-refractivity contribution in [2.75, 3.05) is 13.7 Å². The summed E-state index contributed by atoms with van der Waals surface area (Å²) in [4.78, 5) is 0. The topological polar surface area (TPSA) is 88.4 Å². The molecule has 1 fully saturated rings. The molecule has 106 valence electrons. The molecule has 2 rings (SSSR count). The molecule has 1 aromatic rings. The van der Waals surface area contributed by atoms with Gasteiger partial charge < -0.3 is 29.5 Å². The van der Waals surface area contributed by atoms with Crippen molar-refractivity contribution in [3.05, 3.63) is 24.3 Å². The van der Waals surface area contributed by atoms with Crippen LogP contribution in [0, 0.1) is 0 Å². The second-order valence-electron chi connectivity index (χ2n) is 4.37. The average Bonchev–Trinajstić information content (AvgIpc) is 2.43. The van der Waals surface area contributed by atoms with Gasteiger partial charge >= 0.3 is 0 Å². The first-order valence-corrected chi connectivity index (χ1v) is 6.07. The van der Waals surface area contributed by atoms with Crippen LogP contribution < -0.4 is 9.47 Å². The van der Waals surface area contributed by atoms with Gasteiger partial charge in [-0.15, -0.1) is 0 Å². The Hall–Kier alpha value is -1.34. The Labute approximate surface area is 111 Å². The SMILES string of the molecule is [14CH3]Oc1ccc(O[C@@H]2C[C@@H](O)[C@H](O)[C@@H](CO)O2)cc1. The van der Waals surface area contributed by atoms with Crippen molar-refractivity contribution in [1.29, 1.82) is 0 Å². The predicted octanol–water partition coefficient (Wildman–Crippen LogP) is -0.0969. The van der Waals surface area contributed by atoms with Crippen molar-refractivity contribution in [1.82, 2.24) is 0 Å². The van der Waals surface area contributed by atoms with Crippen molar-refractivity contribution in [2.24, 2.45) is 0 Å². The molecule has 3 N–H and O–H groups in total. The van der Waals surface area contributed by atoms with Gasteiger partial charge in [-0.05, 0) is 24.3 Å². The van der Waals surface area contributed by atoms with Gasteiger partial charge in [-0.25, -0.2) is 0 Å². The molecule has 1 saturated heterocycles. The molecule has 6 nitrogen and oxygen atoms in total. The molecule has 0 aromatic heterocycles. The molecule has 4 atom stereocenters. The minimum atomic E-state index is -1.10. The molecule has 1 aromatic carbocycles. The van der Waals surface area contributed by atoms with Crippen molar-refractivity contribution in [3.8, 4) is 11.5 Å². The monoisotopic (exact) mass is 272 g/mol.